The molecule has 4 heteroatoms. The SMILES string of the molecule is ClCCOCCN1CCSCC1. The Balaban J connectivity index is 1.91. The van der Waals surface area contributed by atoms with Gasteiger partial charge in [-0.2, -0.15) is 11.8 Å². The van der Waals surface area contributed by atoms with E-state index in [1.807, 2.05) is 11.8 Å². The molecule has 0 atom stereocenters. The van der Waals surface area contributed by atoms with Gasteiger partial charge in [-0.3, -0.25) is 4.90 Å². The maximum Gasteiger partial charge on any atom is 0.0602 e. The zero-order valence-electron chi connectivity index (χ0n) is 7.30. The van der Waals surface area contributed by atoms with Gasteiger partial charge in [0.05, 0.1) is 13.2 Å². The van der Waals surface area contributed by atoms with E-state index in [1.54, 1.807) is 0 Å². The number of ether oxygens (including phenoxy) is 1. The topological polar surface area (TPSA) is 12.5 Å². The molecule has 1 aliphatic rings. The Morgan fingerprint density at radius 1 is 1.25 bits per heavy atom. The predicted octanol–water partition coefficient (Wildman–Crippen LogP) is 1.29. The fourth-order valence-corrected chi connectivity index (χ4v) is 2.26. The van der Waals surface area contributed by atoms with E-state index in [4.69, 9.17) is 16.3 Å². The van der Waals surface area contributed by atoms with Crippen LogP contribution in [0, 0.1) is 0 Å². The van der Waals surface area contributed by atoms with E-state index in [-0.39, 0.29) is 0 Å². The first-order valence-electron chi connectivity index (χ1n) is 4.37. The van der Waals surface area contributed by atoms with Gasteiger partial charge in [0, 0.05) is 37.0 Å². The second-order valence-electron chi connectivity index (χ2n) is 2.76. The summed E-state index contributed by atoms with van der Waals surface area (Å²) in [6.45, 7) is 5.02. The van der Waals surface area contributed by atoms with E-state index >= 15 is 0 Å². The highest BCUT2D eigenvalue weighted by molar-refractivity contribution is 7.99. The van der Waals surface area contributed by atoms with Gasteiger partial charge in [-0.05, 0) is 0 Å². The summed E-state index contributed by atoms with van der Waals surface area (Å²) in [5.74, 6) is 3.15. The molecule has 0 amide bonds. The number of alkyl halides is 1. The molecule has 1 heterocycles. The molecule has 0 unspecified atom stereocenters. The van der Waals surface area contributed by atoms with Crippen LogP contribution in [0.15, 0.2) is 0 Å². The molecule has 1 aliphatic heterocycles. The van der Waals surface area contributed by atoms with E-state index in [2.05, 4.69) is 4.90 Å². The lowest BCUT2D eigenvalue weighted by molar-refractivity contribution is 0.118. The third kappa shape index (κ3) is 4.55. The molecular formula is C8H16ClNOS. The summed E-state index contributed by atoms with van der Waals surface area (Å²) >= 11 is 7.52. The quantitative estimate of drug-likeness (QED) is 0.500. The average molecular weight is 210 g/mol. The summed E-state index contributed by atoms with van der Waals surface area (Å²) in [5.41, 5.74) is 0. The molecule has 0 aromatic heterocycles. The van der Waals surface area contributed by atoms with E-state index < -0.39 is 0 Å². The second kappa shape index (κ2) is 7.01. The highest BCUT2D eigenvalue weighted by Crippen LogP contribution is 2.08. The Hall–Kier alpha value is 0.560. The molecule has 0 spiro atoms. The van der Waals surface area contributed by atoms with Gasteiger partial charge in [0.1, 0.15) is 0 Å². The van der Waals surface area contributed by atoms with Crippen LogP contribution in [0.5, 0.6) is 0 Å². The third-order valence-corrected chi connectivity index (χ3v) is 2.97. The van der Waals surface area contributed by atoms with Gasteiger partial charge < -0.3 is 4.74 Å². The summed E-state index contributed by atoms with van der Waals surface area (Å²) in [7, 11) is 0. The lowest BCUT2D eigenvalue weighted by Gasteiger charge is -2.25. The van der Waals surface area contributed by atoms with Crippen LogP contribution < -0.4 is 0 Å². The van der Waals surface area contributed by atoms with Crippen molar-refractivity contribution in [3.8, 4) is 0 Å². The molecule has 0 aromatic carbocycles. The molecule has 12 heavy (non-hydrogen) atoms. The smallest absolute Gasteiger partial charge is 0.0602 e. The van der Waals surface area contributed by atoms with Gasteiger partial charge in [0.25, 0.3) is 0 Å². The number of hydrogen-bond acceptors (Lipinski definition) is 3. The lowest BCUT2D eigenvalue weighted by atomic mass is 10.5. The zero-order chi connectivity index (χ0) is 8.65. The Morgan fingerprint density at radius 3 is 2.67 bits per heavy atom. The molecule has 2 nitrogen and oxygen atoms in total. The standard InChI is InChI=1S/C8H16ClNOS/c9-1-5-11-6-2-10-3-7-12-8-4-10/h1-8H2. The number of rotatable bonds is 5. The van der Waals surface area contributed by atoms with Crippen LogP contribution in [0.4, 0.5) is 0 Å². The van der Waals surface area contributed by atoms with Gasteiger partial charge in [-0.15, -0.1) is 11.6 Å². The summed E-state index contributed by atoms with van der Waals surface area (Å²) in [5, 5.41) is 0. The zero-order valence-corrected chi connectivity index (χ0v) is 8.87. The van der Waals surface area contributed by atoms with Crippen molar-refractivity contribution >= 4 is 23.4 Å². The van der Waals surface area contributed by atoms with Crippen LogP contribution in [0.25, 0.3) is 0 Å². The van der Waals surface area contributed by atoms with Gasteiger partial charge in [0.2, 0.25) is 0 Å². The number of halogens is 1. The third-order valence-electron chi connectivity index (χ3n) is 1.88. The van der Waals surface area contributed by atoms with Crippen molar-refractivity contribution in [2.75, 3.05) is 50.2 Å². The van der Waals surface area contributed by atoms with Gasteiger partial charge in [-0.1, -0.05) is 0 Å². The van der Waals surface area contributed by atoms with Crippen LogP contribution in [0.2, 0.25) is 0 Å². The van der Waals surface area contributed by atoms with Crippen molar-refractivity contribution in [1.82, 2.24) is 4.90 Å². The average Bonchev–Trinajstić information content (AvgIpc) is 2.14. The van der Waals surface area contributed by atoms with Crippen LogP contribution in [0.3, 0.4) is 0 Å². The first kappa shape index (κ1) is 10.6. The summed E-state index contributed by atoms with van der Waals surface area (Å²) < 4.78 is 5.31. The minimum absolute atomic E-state index is 0.607. The minimum atomic E-state index is 0.607. The fourth-order valence-electron chi connectivity index (χ4n) is 1.18. The van der Waals surface area contributed by atoms with Crippen molar-refractivity contribution in [2.24, 2.45) is 0 Å². The van der Waals surface area contributed by atoms with E-state index in [0.717, 1.165) is 13.2 Å². The summed E-state index contributed by atoms with van der Waals surface area (Å²) in [4.78, 5) is 2.45. The summed E-state index contributed by atoms with van der Waals surface area (Å²) in [6, 6.07) is 0. The Morgan fingerprint density at radius 2 is 2.00 bits per heavy atom. The molecule has 0 bridgehead atoms. The van der Waals surface area contributed by atoms with Crippen LogP contribution in [-0.2, 0) is 4.74 Å². The minimum Gasteiger partial charge on any atom is -0.379 e. The molecule has 0 N–H and O–H groups in total. The van der Waals surface area contributed by atoms with Crippen molar-refractivity contribution < 1.29 is 4.74 Å². The highest BCUT2D eigenvalue weighted by atomic mass is 35.5. The molecule has 0 radical (unpaired) electrons. The van der Waals surface area contributed by atoms with E-state index in [9.17, 15) is 0 Å². The Labute approximate surface area is 83.6 Å². The lowest BCUT2D eigenvalue weighted by Crippen LogP contribution is -2.35. The first-order chi connectivity index (χ1) is 5.93. The largest absolute Gasteiger partial charge is 0.379 e. The van der Waals surface area contributed by atoms with Gasteiger partial charge in [0.15, 0.2) is 0 Å². The normalized spacial score (nSPS) is 19.8. The van der Waals surface area contributed by atoms with Crippen LogP contribution in [-0.4, -0.2) is 55.1 Å². The molecular weight excluding hydrogens is 194 g/mol. The molecule has 0 aliphatic carbocycles. The summed E-state index contributed by atoms with van der Waals surface area (Å²) in [6.07, 6.45) is 0. The Bertz CT molecular complexity index is 109. The molecule has 0 saturated carbocycles. The maximum absolute atomic E-state index is 5.48. The van der Waals surface area contributed by atoms with Crippen molar-refractivity contribution in [1.29, 1.82) is 0 Å². The van der Waals surface area contributed by atoms with Crippen LogP contribution >= 0.6 is 23.4 Å². The van der Waals surface area contributed by atoms with Gasteiger partial charge >= 0.3 is 0 Å². The van der Waals surface area contributed by atoms with E-state index in [0.29, 0.717) is 12.5 Å². The highest BCUT2D eigenvalue weighted by Gasteiger charge is 2.08. The second-order valence-corrected chi connectivity index (χ2v) is 4.36. The predicted molar refractivity (Wildman–Crippen MR) is 55.3 cm³/mol. The fraction of sp³-hybridized carbons (Fsp3) is 1.00. The molecule has 0 aromatic rings. The molecule has 1 rings (SSSR count). The monoisotopic (exact) mass is 209 g/mol. The maximum atomic E-state index is 5.48. The molecule has 72 valence electrons. The van der Waals surface area contributed by atoms with Crippen molar-refractivity contribution in [3.63, 3.8) is 0 Å². The number of nitrogens with zero attached hydrogens (tertiary/aromatic N) is 1. The van der Waals surface area contributed by atoms with Gasteiger partial charge in [-0.25, -0.2) is 0 Å². The number of thioether (sulfide) groups is 1. The Kier molecular flexibility index (Phi) is 6.22. The molecule has 1 fully saturated rings. The van der Waals surface area contributed by atoms with Crippen molar-refractivity contribution in [2.45, 2.75) is 0 Å². The van der Waals surface area contributed by atoms with Crippen molar-refractivity contribution in [3.05, 3.63) is 0 Å². The van der Waals surface area contributed by atoms with Crippen LogP contribution in [0.1, 0.15) is 0 Å². The molecule has 1 saturated heterocycles. The first-order valence-corrected chi connectivity index (χ1v) is 6.06. The van der Waals surface area contributed by atoms with E-state index in [1.165, 1.54) is 24.6 Å². The number of hydrogen-bond donors (Lipinski definition) is 0.